The number of carbonyl (C=O) groups excluding carboxylic acids is 1. The topological polar surface area (TPSA) is 97.8 Å². The Balaban J connectivity index is 1.85. The Morgan fingerprint density at radius 1 is 1.07 bits per heavy atom. The van der Waals surface area contributed by atoms with Gasteiger partial charge in [0.1, 0.15) is 30.5 Å². The molecule has 2 N–H and O–H groups in total. The molecule has 1 aliphatic heterocycles. The molecule has 0 bridgehead atoms. The number of aromatic nitrogens is 2. The summed E-state index contributed by atoms with van der Waals surface area (Å²) in [6.07, 6.45) is 3.46. The fourth-order valence-electron chi connectivity index (χ4n) is 3.16. The van der Waals surface area contributed by atoms with Gasteiger partial charge in [0.05, 0.1) is 25.3 Å². The number of hydrogen-bond donors (Lipinski definition) is 1. The molecule has 28 heavy (non-hydrogen) atoms. The Morgan fingerprint density at radius 3 is 2.46 bits per heavy atom. The third kappa shape index (κ3) is 2.98. The highest BCUT2D eigenvalue weighted by Crippen LogP contribution is 2.41. The number of nitrogens with two attached hydrogens (primary N) is 1. The minimum absolute atomic E-state index is 0.286. The Bertz CT molecular complexity index is 1040. The second kappa shape index (κ2) is 7.15. The number of imidazole rings is 1. The third-order valence-corrected chi connectivity index (χ3v) is 4.47. The summed E-state index contributed by atoms with van der Waals surface area (Å²) in [5.74, 6) is 2.32. The average Bonchev–Trinajstić information content (AvgIpc) is 3.21. The lowest BCUT2D eigenvalue weighted by Crippen LogP contribution is -2.15. The summed E-state index contributed by atoms with van der Waals surface area (Å²) < 4.78 is 23.9. The molecule has 8 heteroatoms. The average molecular weight is 381 g/mol. The highest BCUT2D eigenvalue weighted by atomic mass is 16.6. The quantitative estimate of drug-likeness (QED) is 0.729. The van der Waals surface area contributed by atoms with Gasteiger partial charge in [0.25, 0.3) is 5.91 Å². The van der Waals surface area contributed by atoms with Crippen molar-refractivity contribution in [1.29, 1.82) is 0 Å². The maximum absolute atomic E-state index is 11.8. The Morgan fingerprint density at radius 2 is 1.79 bits per heavy atom. The molecule has 144 valence electrons. The van der Waals surface area contributed by atoms with Crippen molar-refractivity contribution in [3.63, 3.8) is 0 Å². The van der Waals surface area contributed by atoms with Gasteiger partial charge in [0.2, 0.25) is 0 Å². The Labute approximate surface area is 161 Å². The summed E-state index contributed by atoms with van der Waals surface area (Å²) in [6, 6.07) is 8.80. The van der Waals surface area contributed by atoms with Crippen molar-refractivity contribution in [1.82, 2.24) is 9.55 Å². The van der Waals surface area contributed by atoms with Crippen molar-refractivity contribution in [3.05, 3.63) is 48.3 Å². The van der Waals surface area contributed by atoms with Crippen LogP contribution in [0, 0.1) is 0 Å². The molecular formula is C20H19N3O5. The molecule has 0 fully saturated rings. The van der Waals surface area contributed by atoms with Gasteiger partial charge in [-0.3, -0.25) is 9.36 Å². The van der Waals surface area contributed by atoms with Gasteiger partial charge >= 0.3 is 0 Å². The van der Waals surface area contributed by atoms with Crippen LogP contribution < -0.4 is 24.7 Å². The zero-order valence-electron chi connectivity index (χ0n) is 15.5. The summed E-state index contributed by atoms with van der Waals surface area (Å²) in [4.78, 5) is 16.3. The standard InChI is InChI=1S/C20H19N3O5/c1-25-15-4-3-12(9-13(15)19(21)24)23-6-5-22-20(23)14-10-17-18(11-16(14)26-2)28-8-7-27-17/h3-6,9-11H,7-8H2,1-2H3,(H2,21,24). The summed E-state index contributed by atoms with van der Waals surface area (Å²) in [6.45, 7) is 0.972. The van der Waals surface area contributed by atoms with Crippen molar-refractivity contribution in [2.75, 3.05) is 27.4 Å². The first-order valence-electron chi connectivity index (χ1n) is 8.62. The number of nitrogens with zero attached hydrogens (tertiary/aromatic N) is 2. The number of methoxy groups -OCH3 is 2. The number of rotatable bonds is 5. The lowest BCUT2D eigenvalue weighted by Gasteiger charge is -2.21. The maximum Gasteiger partial charge on any atom is 0.252 e. The Kier molecular flexibility index (Phi) is 4.52. The first kappa shape index (κ1) is 17.7. The van der Waals surface area contributed by atoms with Crippen LogP contribution in [0.25, 0.3) is 17.1 Å². The molecule has 2 aromatic carbocycles. The normalized spacial score (nSPS) is 12.5. The number of ether oxygens (including phenoxy) is 4. The number of amides is 1. The molecule has 1 aliphatic rings. The van der Waals surface area contributed by atoms with E-state index in [1.807, 2.05) is 16.7 Å². The number of primary amides is 1. The molecule has 2 heterocycles. The molecule has 3 aromatic rings. The van der Waals surface area contributed by atoms with Gasteiger partial charge in [0, 0.05) is 24.1 Å². The van der Waals surface area contributed by atoms with Crippen LogP contribution in [-0.2, 0) is 0 Å². The van der Waals surface area contributed by atoms with E-state index in [2.05, 4.69) is 4.98 Å². The number of benzene rings is 2. The van der Waals surface area contributed by atoms with Crippen molar-refractivity contribution in [2.45, 2.75) is 0 Å². The van der Waals surface area contributed by atoms with E-state index in [4.69, 9.17) is 24.7 Å². The number of hydrogen-bond acceptors (Lipinski definition) is 6. The van der Waals surface area contributed by atoms with Gasteiger partial charge < -0.3 is 24.7 Å². The molecule has 1 amide bonds. The predicted molar refractivity (Wildman–Crippen MR) is 102 cm³/mol. The first-order chi connectivity index (χ1) is 13.6. The summed E-state index contributed by atoms with van der Waals surface area (Å²) in [7, 11) is 3.07. The highest BCUT2D eigenvalue weighted by Gasteiger charge is 2.21. The van der Waals surface area contributed by atoms with Crippen LogP contribution in [0.4, 0.5) is 0 Å². The van der Waals surface area contributed by atoms with Crippen LogP contribution in [0.2, 0.25) is 0 Å². The molecular weight excluding hydrogens is 362 g/mol. The summed E-state index contributed by atoms with van der Waals surface area (Å²) in [5.41, 5.74) is 7.21. The lowest BCUT2D eigenvalue weighted by molar-refractivity contribution is 0.0997. The fraction of sp³-hybridized carbons (Fsp3) is 0.200. The molecule has 0 aliphatic carbocycles. The predicted octanol–water partition coefficient (Wildman–Crippen LogP) is 2.43. The van der Waals surface area contributed by atoms with Crippen molar-refractivity contribution < 1.29 is 23.7 Å². The van der Waals surface area contributed by atoms with Gasteiger partial charge in [0.15, 0.2) is 11.5 Å². The van der Waals surface area contributed by atoms with Gasteiger partial charge in [-0.05, 0) is 24.3 Å². The van der Waals surface area contributed by atoms with Crippen LogP contribution in [-0.4, -0.2) is 42.9 Å². The van der Waals surface area contributed by atoms with E-state index in [0.29, 0.717) is 47.7 Å². The SMILES string of the molecule is COc1ccc(-n2ccnc2-c2cc3c(cc2OC)OCCO3)cc1C(N)=O. The van der Waals surface area contributed by atoms with Crippen LogP contribution in [0.15, 0.2) is 42.7 Å². The lowest BCUT2D eigenvalue weighted by atomic mass is 10.1. The number of carbonyl (C=O) groups is 1. The van der Waals surface area contributed by atoms with Crippen LogP contribution >= 0.6 is 0 Å². The monoisotopic (exact) mass is 381 g/mol. The molecule has 4 rings (SSSR count). The second-order valence-electron chi connectivity index (χ2n) is 6.07. The Hall–Kier alpha value is -3.68. The van der Waals surface area contributed by atoms with E-state index in [-0.39, 0.29) is 5.56 Å². The van der Waals surface area contributed by atoms with Gasteiger partial charge in [-0.25, -0.2) is 4.98 Å². The van der Waals surface area contributed by atoms with Crippen LogP contribution in [0.3, 0.4) is 0 Å². The number of fused-ring (bicyclic) bond motifs is 1. The molecule has 1 aromatic heterocycles. The first-order valence-corrected chi connectivity index (χ1v) is 8.62. The molecule has 0 spiro atoms. The zero-order chi connectivity index (χ0) is 19.7. The largest absolute Gasteiger partial charge is 0.496 e. The van der Waals surface area contributed by atoms with Gasteiger partial charge in [-0.1, -0.05) is 0 Å². The van der Waals surface area contributed by atoms with Crippen LogP contribution in [0.1, 0.15) is 10.4 Å². The van der Waals surface area contributed by atoms with E-state index >= 15 is 0 Å². The van der Waals surface area contributed by atoms with E-state index in [0.717, 1.165) is 5.56 Å². The molecule has 8 nitrogen and oxygen atoms in total. The smallest absolute Gasteiger partial charge is 0.252 e. The van der Waals surface area contributed by atoms with Crippen molar-refractivity contribution in [3.8, 4) is 40.1 Å². The van der Waals surface area contributed by atoms with E-state index < -0.39 is 5.91 Å². The molecule has 0 atom stereocenters. The molecule has 0 saturated heterocycles. The fourth-order valence-corrected chi connectivity index (χ4v) is 3.16. The van der Waals surface area contributed by atoms with Crippen LogP contribution in [0.5, 0.6) is 23.0 Å². The van der Waals surface area contributed by atoms with E-state index in [9.17, 15) is 4.79 Å². The minimum Gasteiger partial charge on any atom is -0.496 e. The van der Waals surface area contributed by atoms with E-state index in [1.165, 1.54) is 7.11 Å². The van der Waals surface area contributed by atoms with E-state index in [1.54, 1.807) is 37.7 Å². The summed E-state index contributed by atoms with van der Waals surface area (Å²) >= 11 is 0. The summed E-state index contributed by atoms with van der Waals surface area (Å²) in [5, 5.41) is 0. The van der Waals surface area contributed by atoms with Crippen molar-refractivity contribution >= 4 is 5.91 Å². The molecule has 0 radical (unpaired) electrons. The molecule has 0 saturated carbocycles. The second-order valence-corrected chi connectivity index (χ2v) is 6.07. The highest BCUT2D eigenvalue weighted by molar-refractivity contribution is 5.96. The van der Waals surface area contributed by atoms with Gasteiger partial charge in [-0.2, -0.15) is 0 Å². The van der Waals surface area contributed by atoms with Gasteiger partial charge in [-0.15, -0.1) is 0 Å². The van der Waals surface area contributed by atoms with Crippen molar-refractivity contribution in [2.24, 2.45) is 5.73 Å². The minimum atomic E-state index is -0.572. The zero-order valence-corrected chi connectivity index (χ0v) is 15.5. The maximum atomic E-state index is 11.8. The third-order valence-electron chi connectivity index (χ3n) is 4.47. The molecule has 0 unspecified atom stereocenters.